The number of hydrogen-bond donors (Lipinski definition) is 0. The molecule has 0 radical (unpaired) electrons. The van der Waals surface area contributed by atoms with Crippen molar-refractivity contribution in [2.45, 2.75) is 0 Å². The maximum absolute atomic E-state index is 6.30. The summed E-state index contributed by atoms with van der Waals surface area (Å²) < 4.78 is 6.30. The van der Waals surface area contributed by atoms with Gasteiger partial charge in [0.25, 0.3) is 0 Å². The van der Waals surface area contributed by atoms with Crippen molar-refractivity contribution in [3.05, 3.63) is 164 Å². The Labute approximate surface area is 282 Å². The van der Waals surface area contributed by atoms with E-state index in [1.807, 2.05) is 18.2 Å². The molecular weight excluding hydrogens is 599 g/mol. The third-order valence-electron chi connectivity index (χ3n) is 9.49. The van der Waals surface area contributed by atoms with Crippen LogP contribution >= 0.6 is 0 Å². The lowest BCUT2D eigenvalue weighted by molar-refractivity contribution is 0.669. The van der Waals surface area contributed by atoms with Crippen LogP contribution in [0.5, 0.6) is 0 Å². The molecule has 2 heterocycles. The van der Waals surface area contributed by atoms with Gasteiger partial charge < -0.3 is 4.42 Å². The quantitative estimate of drug-likeness (QED) is 0.195. The summed E-state index contributed by atoms with van der Waals surface area (Å²) in [6, 6.07) is 56.9. The molecule has 10 rings (SSSR count). The first kappa shape index (κ1) is 27.5. The molecule has 0 atom stereocenters. The Balaban J connectivity index is 1.25. The van der Waals surface area contributed by atoms with Crippen molar-refractivity contribution in [1.29, 1.82) is 0 Å². The van der Waals surface area contributed by atoms with Crippen LogP contribution in [0.2, 0.25) is 0 Å². The number of furan rings is 1. The molecule has 228 valence electrons. The van der Waals surface area contributed by atoms with E-state index in [1.165, 1.54) is 10.8 Å². The van der Waals surface area contributed by atoms with Gasteiger partial charge in [0.2, 0.25) is 0 Å². The Bertz CT molecular complexity index is 2800. The van der Waals surface area contributed by atoms with Crippen molar-refractivity contribution < 1.29 is 4.42 Å². The predicted octanol–water partition coefficient (Wildman–Crippen LogP) is 11.9. The Morgan fingerprint density at radius 3 is 1.49 bits per heavy atom. The highest BCUT2D eigenvalue weighted by atomic mass is 16.3. The van der Waals surface area contributed by atoms with Crippen LogP contribution in [0.4, 0.5) is 0 Å². The van der Waals surface area contributed by atoms with Gasteiger partial charge in [0.05, 0.1) is 0 Å². The smallest absolute Gasteiger partial charge is 0.164 e. The van der Waals surface area contributed by atoms with Crippen LogP contribution in [0.15, 0.2) is 168 Å². The second-order valence-electron chi connectivity index (χ2n) is 12.4. The molecule has 2 aromatic heterocycles. The minimum Gasteiger partial charge on any atom is -0.456 e. The lowest BCUT2D eigenvalue weighted by Gasteiger charge is -2.14. The number of hydrogen-bond acceptors (Lipinski definition) is 4. The summed E-state index contributed by atoms with van der Waals surface area (Å²) in [7, 11) is 0. The molecule has 0 aliphatic carbocycles. The van der Waals surface area contributed by atoms with Crippen LogP contribution in [-0.4, -0.2) is 15.0 Å². The van der Waals surface area contributed by atoms with Crippen LogP contribution in [-0.2, 0) is 0 Å². The van der Waals surface area contributed by atoms with Crippen molar-refractivity contribution in [3.8, 4) is 45.3 Å². The number of fused-ring (bicyclic) bond motifs is 6. The van der Waals surface area contributed by atoms with Gasteiger partial charge in [0.15, 0.2) is 17.5 Å². The molecule has 4 nitrogen and oxygen atoms in total. The first-order valence-corrected chi connectivity index (χ1v) is 16.4. The first-order chi connectivity index (χ1) is 24.3. The summed E-state index contributed by atoms with van der Waals surface area (Å²) in [6.45, 7) is 0. The zero-order valence-corrected chi connectivity index (χ0v) is 26.3. The fraction of sp³-hybridized carbons (Fsp3) is 0. The van der Waals surface area contributed by atoms with Crippen LogP contribution in [0.1, 0.15) is 0 Å². The number of aromatic nitrogens is 3. The summed E-state index contributed by atoms with van der Waals surface area (Å²) >= 11 is 0. The highest BCUT2D eigenvalue weighted by molar-refractivity contribution is 6.17. The summed E-state index contributed by atoms with van der Waals surface area (Å²) in [5.41, 5.74) is 6.79. The molecule has 0 aliphatic heterocycles. The second kappa shape index (κ2) is 11.0. The summed E-state index contributed by atoms with van der Waals surface area (Å²) in [4.78, 5) is 15.5. The largest absolute Gasteiger partial charge is 0.456 e. The van der Waals surface area contributed by atoms with E-state index in [4.69, 9.17) is 19.4 Å². The SMILES string of the molecule is c1ccc2cc(-c3nc(-c4ccc5ccccc5c4)nc(-c4cccc5cccc(-c6cccc7oc8ccccc8c67)c45)n3)ccc2c1. The molecule has 0 bridgehead atoms. The van der Waals surface area contributed by atoms with E-state index >= 15 is 0 Å². The van der Waals surface area contributed by atoms with Gasteiger partial charge in [-0.15, -0.1) is 0 Å². The van der Waals surface area contributed by atoms with Gasteiger partial charge in [-0.25, -0.2) is 15.0 Å². The van der Waals surface area contributed by atoms with Crippen LogP contribution < -0.4 is 0 Å². The molecule has 0 saturated heterocycles. The Morgan fingerprint density at radius 2 is 0.816 bits per heavy atom. The molecule has 0 fully saturated rings. The maximum atomic E-state index is 6.30. The Hall–Kier alpha value is -6.65. The summed E-state index contributed by atoms with van der Waals surface area (Å²) in [6.07, 6.45) is 0. The highest BCUT2D eigenvalue weighted by Crippen LogP contribution is 2.42. The third kappa shape index (κ3) is 4.57. The number of benzene rings is 8. The van der Waals surface area contributed by atoms with Gasteiger partial charge >= 0.3 is 0 Å². The van der Waals surface area contributed by atoms with E-state index < -0.39 is 0 Å². The number of rotatable bonds is 4. The zero-order chi connectivity index (χ0) is 32.3. The van der Waals surface area contributed by atoms with Crippen LogP contribution in [0, 0.1) is 0 Å². The van der Waals surface area contributed by atoms with E-state index in [1.54, 1.807) is 0 Å². The Kier molecular flexibility index (Phi) is 6.15. The molecule has 0 saturated carbocycles. The minimum absolute atomic E-state index is 0.628. The Morgan fingerprint density at radius 1 is 0.327 bits per heavy atom. The van der Waals surface area contributed by atoms with Gasteiger partial charge in [-0.2, -0.15) is 0 Å². The van der Waals surface area contributed by atoms with Crippen LogP contribution in [0.25, 0.3) is 99.5 Å². The lowest BCUT2D eigenvalue weighted by Crippen LogP contribution is -2.01. The fourth-order valence-corrected chi connectivity index (χ4v) is 7.16. The molecule has 0 spiro atoms. The molecule has 0 aliphatic rings. The van der Waals surface area contributed by atoms with E-state index in [9.17, 15) is 0 Å². The van der Waals surface area contributed by atoms with E-state index in [-0.39, 0.29) is 0 Å². The zero-order valence-electron chi connectivity index (χ0n) is 26.3. The summed E-state index contributed by atoms with van der Waals surface area (Å²) in [5, 5.41) is 9.03. The van der Waals surface area contributed by atoms with Gasteiger partial charge in [-0.1, -0.05) is 140 Å². The molecule has 8 aromatic carbocycles. The standard InChI is InChI=1S/C45H27N3O/c1-3-12-31-26-33(24-22-28(31)10-1)43-46-44(34-25-23-29-11-2-4-13-32(29)27-34)48-45(47-43)38-19-8-15-30-14-7-17-35(41(30)38)36-18-9-21-40-42(36)37-16-5-6-20-39(37)49-40/h1-27H. The normalized spacial score (nSPS) is 11.7. The van der Waals surface area contributed by atoms with Gasteiger partial charge in [0, 0.05) is 32.8 Å². The molecule has 0 unspecified atom stereocenters. The number of para-hydroxylation sites is 1. The molecule has 10 aromatic rings. The van der Waals surface area contributed by atoms with Crippen molar-refractivity contribution in [1.82, 2.24) is 15.0 Å². The highest BCUT2D eigenvalue weighted by Gasteiger charge is 2.19. The fourth-order valence-electron chi connectivity index (χ4n) is 7.16. The maximum Gasteiger partial charge on any atom is 0.164 e. The van der Waals surface area contributed by atoms with E-state index in [2.05, 4.69) is 146 Å². The average molecular weight is 626 g/mol. The van der Waals surface area contributed by atoms with Crippen molar-refractivity contribution in [2.24, 2.45) is 0 Å². The van der Waals surface area contributed by atoms with E-state index in [0.29, 0.717) is 17.5 Å². The minimum atomic E-state index is 0.628. The average Bonchev–Trinajstić information content (AvgIpc) is 3.56. The molecular formula is C45H27N3O. The molecule has 0 N–H and O–H groups in total. The molecule has 4 heteroatoms. The van der Waals surface area contributed by atoms with Crippen molar-refractivity contribution >= 4 is 54.3 Å². The third-order valence-corrected chi connectivity index (χ3v) is 9.49. The topological polar surface area (TPSA) is 51.8 Å². The predicted molar refractivity (Wildman–Crippen MR) is 201 cm³/mol. The van der Waals surface area contributed by atoms with E-state index in [0.717, 1.165) is 71.3 Å². The number of nitrogens with zero attached hydrogens (tertiary/aromatic N) is 3. The van der Waals surface area contributed by atoms with Crippen molar-refractivity contribution in [3.63, 3.8) is 0 Å². The van der Waals surface area contributed by atoms with Gasteiger partial charge in [-0.3, -0.25) is 0 Å². The lowest BCUT2D eigenvalue weighted by atomic mass is 9.92. The molecule has 49 heavy (non-hydrogen) atoms. The van der Waals surface area contributed by atoms with Gasteiger partial charge in [-0.05, 0) is 62.3 Å². The monoisotopic (exact) mass is 625 g/mol. The second-order valence-corrected chi connectivity index (χ2v) is 12.4. The van der Waals surface area contributed by atoms with Crippen LogP contribution in [0.3, 0.4) is 0 Å². The van der Waals surface area contributed by atoms with Gasteiger partial charge in [0.1, 0.15) is 11.2 Å². The van der Waals surface area contributed by atoms with Crippen molar-refractivity contribution in [2.75, 3.05) is 0 Å². The first-order valence-electron chi connectivity index (χ1n) is 16.4. The molecule has 0 amide bonds. The summed E-state index contributed by atoms with van der Waals surface area (Å²) in [5.74, 6) is 1.90.